The zero-order chi connectivity index (χ0) is 13.2. The standard InChI is InChI=1S/C15H22ClNO/c1-4-9-17-13-10-14(15(13,2)3)18-12-7-5-11(16)6-8-12/h5-8,13-14,17H,4,9-10H2,1-3H3. The van der Waals surface area contributed by atoms with E-state index in [9.17, 15) is 0 Å². The van der Waals surface area contributed by atoms with E-state index in [0.717, 1.165) is 23.7 Å². The average molecular weight is 268 g/mol. The van der Waals surface area contributed by atoms with Crippen LogP contribution in [0, 0.1) is 5.41 Å². The number of rotatable bonds is 5. The van der Waals surface area contributed by atoms with Crippen molar-refractivity contribution in [2.24, 2.45) is 5.41 Å². The second kappa shape index (κ2) is 5.50. The predicted molar refractivity (Wildman–Crippen MR) is 76.3 cm³/mol. The van der Waals surface area contributed by atoms with Gasteiger partial charge in [0.25, 0.3) is 0 Å². The summed E-state index contributed by atoms with van der Waals surface area (Å²) in [5.41, 5.74) is 0.189. The number of hydrogen-bond donors (Lipinski definition) is 1. The molecule has 1 aromatic rings. The van der Waals surface area contributed by atoms with Gasteiger partial charge in [-0.15, -0.1) is 0 Å². The first kappa shape index (κ1) is 13.7. The summed E-state index contributed by atoms with van der Waals surface area (Å²) in [5, 5.41) is 4.33. The van der Waals surface area contributed by atoms with Gasteiger partial charge >= 0.3 is 0 Å². The molecule has 1 aromatic carbocycles. The van der Waals surface area contributed by atoms with E-state index in [-0.39, 0.29) is 11.5 Å². The molecular formula is C15H22ClNO. The highest BCUT2D eigenvalue weighted by molar-refractivity contribution is 6.30. The molecule has 0 aromatic heterocycles. The first-order valence-electron chi connectivity index (χ1n) is 6.69. The largest absolute Gasteiger partial charge is 0.490 e. The Morgan fingerprint density at radius 1 is 1.33 bits per heavy atom. The van der Waals surface area contributed by atoms with Crippen LogP contribution in [0.4, 0.5) is 0 Å². The third kappa shape index (κ3) is 2.81. The summed E-state index contributed by atoms with van der Waals surface area (Å²) in [7, 11) is 0. The van der Waals surface area contributed by atoms with Gasteiger partial charge in [-0.2, -0.15) is 0 Å². The van der Waals surface area contributed by atoms with Crippen molar-refractivity contribution in [3.05, 3.63) is 29.3 Å². The van der Waals surface area contributed by atoms with E-state index in [0.29, 0.717) is 6.04 Å². The molecule has 0 heterocycles. The molecule has 0 amide bonds. The lowest BCUT2D eigenvalue weighted by Crippen LogP contribution is -2.62. The molecule has 0 bridgehead atoms. The molecule has 2 nitrogen and oxygen atoms in total. The second-order valence-corrected chi connectivity index (χ2v) is 6.06. The van der Waals surface area contributed by atoms with Crippen molar-refractivity contribution in [3.63, 3.8) is 0 Å². The second-order valence-electron chi connectivity index (χ2n) is 5.62. The molecule has 1 aliphatic rings. The van der Waals surface area contributed by atoms with Gasteiger partial charge in [-0.05, 0) is 37.2 Å². The van der Waals surface area contributed by atoms with Crippen molar-refractivity contribution >= 4 is 11.6 Å². The highest BCUT2D eigenvalue weighted by Gasteiger charge is 2.49. The minimum Gasteiger partial charge on any atom is -0.490 e. The summed E-state index contributed by atoms with van der Waals surface area (Å²) in [5.74, 6) is 0.909. The fourth-order valence-electron chi connectivity index (χ4n) is 2.43. The third-order valence-electron chi connectivity index (χ3n) is 3.91. The maximum absolute atomic E-state index is 6.03. The maximum Gasteiger partial charge on any atom is 0.119 e. The molecular weight excluding hydrogens is 246 g/mol. The lowest BCUT2D eigenvalue weighted by molar-refractivity contribution is -0.0546. The molecule has 1 saturated carbocycles. The van der Waals surface area contributed by atoms with E-state index in [4.69, 9.17) is 16.3 Å². The maximum atomic E-state index is 6.03. The highest BCUT2D eigenvalue weighted by Crippen LogP contribution is 2.43. The van der Waals surface area contributed by atoms with Crippen LogP contribution in [0.15, 0.2) is 24.3 Å². The van der Waals surface area contributed by atoms with Gasteiger partial charge in [-0.25, -0.2) is 0 Å². The summed E-state index contributed by atoms with van der Waals surface area (Å²) in [6.07, 6.45) is 2.54. The molecule has 0 spiro atoms. The van der Waals surface area contributed by atoms with Crippen molar-refractivity contribution in [3.8, 4) is 5.75 Å². The fourth-order valence-corrected chi connectivity index (χ4v) is 2.55. The lowest BCUT2D eigenvalue weighted by atomic mass is 9.64. The van der Waals surface area contributed by atoms with E-state index in [1.165, 1.54) is 6.42 Å². The Bertz CT molecular complexity index is 388. The zero-order valence-corrected chi connectivity index (χ0v) is 12.1. The predicted octanol–water partition coefficient (Wildman–Crippen LogP) is 3.89. The number of halogens is 1. The average Bonchev–Trinajstić information content (AvgIpc) is 2.35. The highest BCUT2D eigenvalue weighted by atomic mass is 35.5. The first-order chi connectivity index (χ1) is 8.54. The topological polar surface area (TPSA) is 21.3 Å². The molecule has 3 heteroatoms. The molecule has 2 unspecified atom stereocenters. The molecule has 2 rings (SSSR count). The van der Waals surface area contributed by atoms with Gasteiger partial charge in [0.15, 0.2) is 0 Å². The van der Waals surface area contributed by atoms with Crippen LogP contribution in [0.25, 0.3) is 0 Å². The number of benzene rings is 1. The molecule has 0 aliphatic heterocycles. The smallest absolute Gasteiger partial charge is 0.119 e. The minimum atomic E-state index is 0.189. The Balaban J connectivity index is 1.90. The van der Waals surface area contributed by atoms with Gasteiger partial charge in [0.2, 0.25) is 0 Å². The van der Waals surface area contributed by atoms with Crippen molar-refractivity contribution in [1.29, 1.82) is 0 Å². The van der Waals surface area contributed by atoms with Crippen LogP contribution in [-0.4, -0.2) is 18.7 Å². The molecule has 1 N–H and O–H groups in total. The first-order valence-corrected chi connectivity index (χ1v) is 7.07. The third-order valence-corrected chi connectivity index (χ3v) is 4.16. The Labute approximate surface area is 115 Å². The van der Waals surface area contributed by atoms with Gasteiger partial charge in [0.1, 0.15) is 11.9 Å². The van der Waals surface area contributed by atoms with Crippen LogP contribution < -0.4 is 10.1 Å². The van der Waals surface area contributed by atoms with E-state index >= 15 is 0 Å². The van der Waals surface area contributed by atoms with Crippen LogP contribution in [0.3, 0.4) is 0 Å². The van der Waals surface area contributed by atoms with Gasteiger partial charge in [0.05, 0.1) is 0 Å². The Morgan fingerprint density at radius 2 is 2.00 bits per heavy atom. The normalized spacial score (nSPS) is 25.6. The van der Waals surface area contributed by atoms with Crippen LogP contribution in [0.5, 0.6) is 5.75 Å². The van der Waals surface area contributed by atoms with Gasteiger partial charge in [-0.3, -0.25) is 0 Å². The zero-order valence-electron chi connectivity index (χ0n) is 11.4. The van der Waals surface area contributed by atoms with E-state index in [1.807, 2.05) is 24.3 Å². The summed E-state index contributed by atoms with van der Waals surface area (Å²) < 4.78 is 6.03. The van der Waals surface area contributed by atoms with Crippen LogP contribution in [-0.2, 0) is 0 Å². The molecule has 0 saturated heterocycles. The van der Waals surface area contributed by atoms with Gasteiger partial charge in [0, 0.05) is 22.9 Å². The summed E-state index contributed by atoms with van der Waals surface area (Å²) >= 11 is 5.87. The van der Waals surface area contributed by atoms with Crippen molar-refractivity contribution in [2.45, 2.75) is 45.8 Å². The summed E-state index contributed by atoms with van der Waals surface area (Å²) in [6, 6.07) is 8.18. The van der Waals surface area contributed by atoms with E-state index in [2.05, 4.69) is 26.1 Å². The molecule has 1 aliphatic carbocycles. The molecule has 18 heavy (non-hydrogen) atoms. The fraction of sp³-hybridized carbons (Fsp3) is 0.600. The number of nitrogens with one attached hydrogen (secondary N) is 1. The Morgan fingerprint density at radius 3 is 2.56 bits per heavy atom. The van der Waals surface area contributed by atoms with Gasteiger partial charge in [-0.1, -0.05) is 32.4 Å². The Kier molecular flexibility index (Phi) is 4.18. The van der Waals surface area contributed by atoms with Crippen LogP contribution >= 0.6 is 11.6 Å². The van der Waals surface area contributed by atoms with Crippen molar-refractivity contribution in [1.82, 2.24) is 5.32 Å². The molecule has 0 radical (unpaired) electrons. The minimum absolute atomic E-state index is 0.189. The summed E-state index contributed by atoms with van der Waals surface area (Å²) in [6.45, 7) is 7.82. The number of hydrogen-bond acceptors (Lipinski definition) is 2. The van der Waals surface area contributed by atoms with E-state index in [1.54, 1.807) is 0 Å². The molecule has 1 fully saturated rings. The van der Waals surface area contributed by atoms with Gasteiger partial charge < -0.3 is 10.1 Å². The van der Waals surface area contributed by atoms with E-state index < -0.39 is 0 Å². The number of ether oxygens (including phenoxy) is 1. The van der Waals surface area contributed by atoms with Crippen molar-refractivity contribution < 1.29 is 4.74 Å². The lowest BCUT2D eigenvalue weighted by Gasteiger charge is -2.51. The monoisotopic (exact) mass is 267 g/mol. The Hall–Kier alpha value is -0.730. The quantitative estimate of drug-likeness (QED) is 0.874. The molecule has 100 valence electrons. The van der Waals surface area contributed by atoms with Crippen molar-refractivity contribution in [2.75, 3.05) is 6.54 Å². The van der Waals surface area contributed by atoms with Crippen LogP contribution in [0.2, 0.25) is 5.02 Å². The summed E-state index contributed by atoms with van der Waals surface area (Å²) in [4.78, 5) is 0. The van der Waals surface area contributed by atoms with Crippen LogP contribution in [0.1, 0.15) is 33.6 Å². The molecule has 2 atom stereocenters. The SMILES string of the molecule is CCCNC1CC(Oc2ccc(Cl)cc2)C1(C)C.